The topological polar surface area (TPSA) is 86.6 Å². The average molecular weight is 285 g/mol. The molecule has 2 rings (SSSR count). The molecule has 0 bridgehead atoms. The van der Waals surface area contributed by atoms with Gasteiger partial charge in [-0.25, -0.2) is 9.18 Å². The van der Waals surface area contributed by atoms with E-state index in [1.54, 1.807) is 0 Å². The first-order valence-electron chi connectivity index (χ1n) is 5.57. The molecule has 1 aromatic carbocycles. The van der Waals surface area contributed by atoms with E-state index >= 15 is 0 Å². The van der Waals surface area contributed by atoms with Crippen molar-refractivity contribution in [2.24, 2.45) is 0 Å². The van der Waals surface area contributed by atoms with Crippen molar-refractivity contribution in [1.29, 1.82) is 0 Å². The molecule has 1 saturated heterocycles. The first kappa shape index (κ1) is 13.7. The van der Waals surface area contributed by atoms with E-state index < -0.39 is 23.2 Å². The highest BCUT2D eigenvalue weighted by atomic mass is 32.2. The number of phenols is 1. The molecule has 1 aliphatic rings. The predicted octanol–water partition coefficient (Wildman–Crippen LogP) is 1.22. The summed E-state index contributed by atoms with van der Waals surface area (Å²) in [6, 6.07) is 3.11. The van der Waals surface area contributed by atoms with Crippen molar-refractivity contribution >= 4 is 23.6 Å². The van der Waals surface area contributed by atoms with Gasteiger partial charge in [0.25, 0.3) is 5.91 Å². The number of hydrogen-bond acceptors (Lipinski definition) is 4. The summed E-state index contributed by atoms with van der Waals surface area (Å²) >= 11 is 1.42. The van der Waals surface area contributed by atoms with Crippen LogP contribution in [0.2, 0.25) is 0 Å². The molecule has 19 heavy (non-hydrogen) atoms. The molecule has 0 radical (unpaired) electrons. The van der Waals surface area contributed by atoms with Gasteiger partial charge in [0.2, 0.25) is 0 Å². The van der Waals surface area contributed by atoms with Gasteiger partial charge in [0.15, 0.2) is 0 Å². The number of rotatable bonds is 3. The highest BCUT2D eigenvalue weighted by Crippen LogP contribution is 2.29. The van der Waals surface area contributed by atoms with Crippen LogP contribution in [0.15, 0.2) is 18.2 Å². The van der Waals surface area contributed by atoms with Crippen LogP contribution in [0.25, 0.3) is 0 Å². The minimum absolute atomic E-state index is 0.258. The van der Waals surface area contributed by atoms with E-state index in [4.69, 9.17) is 5.11 Å². The van der Waals surface area contributed by atoms with E-state index in [2.05, 4.69) is 5.32 Å². The third-order valence-corrected chi connectivity index (χ3v) is 4.17. The van der Waals surface area contributed by atoms with Gasteiger partial charge >= 0.3 is 5.97 Å². The van der Waals surface area contributed by atoms with Crippen LogP contribution >= 0.6 is 11.8 Å². The van der Waals surface area contributed by atoms with Crippen molar-refractivity contribution in [3.05, 3.63) is 29.6 Å². The maximum Gasteiger partial charge on any atom is 0.330 e. The molecule has 1 fully saturated rings. The Morgan fingerprint density at radius 3 is 2.68 bits per heavy atom. The third-order valence-electron chi connectivity index (χ3n) is 2.98. The van der Waals surface area contributed by atoms with Crippen LogP contribution in [0.3, 0.4) is 0 Å². The van der Waals surface area contributed by atoms with Gasteiger partial charge in [-0.15, -0.1) is 0 Å². The number of carbonyl (C=O) groups is 2. The lowest BCUT2D eigenvalue weighted by atomic mass is 9.98. The number of halogens is 1. The summed E-state index contributed by atoms with van der Waals surface area (Å²) < 4.78 is 13.5. The number of thioether (sulfide) groups is 1. The predicted molar refractivity (Wildman–Crippen MR) is 67.8 cm³/mol. The molecule has 1 aromatic rings. The van der Waals surface area contributed by atoms with Crippen LogP contribution in [0.4, 0.5) is 4.39 Å². The molecule has 0 saturated carbocycles. The van der Waals surface area contributed by atoms with Gasteiger partial charge in [-0.05, 0) is 24.3 Å². The quantitative estimate of drug-likeness (QED) is 0.777. The summed E-state index contributed by atoms with van der Waals surface area (Å²) in [6.45, 7) is 0. The van der Waals surface area contributed by atoms with E-state index in [9.17, 15) is 19.1 Å². The number of aliphatic carboxylic acids is 1. The number of nitrogens with one attached hydrogen (secondary N) is 1. The van der Waals surface area contributed by atoms with Crippen molar-refractivity contribution in [2.45, 2.75) is 12.0 Å². The first-order valence-corrected chi connectivity index (χ1v) is 6.72. The fourth-order valence-corrected chi connectivity index (χ4v) is 3.18. The van der Waals surface area contributed by atoms with Gasteiger partial charge < -0.3 is 15.5 Å². The summed E-state index contributed by atoms with van der Waals surface area (Å²) in [5.41, 5.74) is -1.62. The molecule has 1 atom stereocenters. The zero-order valence-corrected chi connectivity index (χ0v) is 10.7. The molecule has 0 aromatic heterocycles. The third kappa shape index (κ3) is 2.65. The zero-order chi connectivity index (χ0) is 14.0. The molecular weight excluding hydrogens is 273 g/mol. The maximum absolute atomic E-state index is 13.5. The second-order valence-corrected chi connectivity index (χ2v) is 5.41. The summed E-state index contributed by atoms with van der Waals surface area (Å²) in [5.74, 6) is -2.20. The molecule has 0 aliphatic carbocycles. The molecule has 1 amide bonds. The van der Waals surface area contributed by atoms with Crippen molar-refractivity contribution < 1.29 is 24.2 Å². The molecule has 1 aliphatic heterocycles. The Morgan fingerprint density at radius 1 is 1.42 bits per heavy atom. The number of hydrogen-bond donors (Lipinski definition) is 3. The highest BCUT2D eigenvalue weighted by molar-refractivity contribution is 7.99. The van der Waals surface area contributed by atoms with E-state index in [0.717, 1.165) is 12.1 Å². The number of benzene rings is 1. The van der Waals surface area contributed by atoms with E-state index in [-0.39, 0.29) is 17.1 Å². The van der Waals surface area contributed by atoms with E-state index in [1.165, 1.54) is 17.8 Å². The average Bonchev–Trinajstić information content (AvgIpc) is 2.78. The summed E-state index contributed by atoms with van der Waals surface area (Å²) in [4.78, 5) is 23.2. The van der Waals surface area contributed by atoms with Crippen LogP contribution in [0.1, 0.15) is 16.8 Å². The molecular formula is C12H12FNO4S. The molecule has 3 N–H and O–H groups in total. The Balaban J connectivity index is 2.22. The number of carbonyl (C=O) groups excluding carboxylic acids is 1. The van der Waals surface area contributed by atoms with Crippen molar-refractivity contribution in [3.8, 4) is 5.75 Å². The Kier molecular flexibility index (Phi) is 3.66. The number of aromatic hydroxyl groups is 1. The minimum atomic E-state index is -1.34. The summed E-state index contributed by atoms with van der Waals surface area (Å²) in [7, 11) is 0. The van der Waals surface area contributed by atoms with E-state index in [1.807, 2.05) is 0 Å². The fourth-order valence-electron chi connectivity index (χ4n) is 1.86. The molecule has 1 heterocycles. The largest absolute Gasteiger partial charge is 0.508 e. The Bertz CT molecular complexity index is 528. The standard InChI is InChI=1S/C12H12FNO4S/c13-9-5-7(15)1-2-8(9)10(16)14-12(11(17)18)3-4-19-6-12/h1-2,5,15H,3-4,6H2,(H,14,16)(H,17,18). The van der Waals surface area contributed by atoms with Crippen molar-refractivity contribution in [3.63, 3.8) is 0 Å². The van der Waals surface area contributed by atoms with Crippen molar-refractivity contribution in [2.75, 3.05) is 11.5 Å². The van der Waals surface area contributed by atoms with Gasteiger partial charge in [-0.3, -0.25) is 4.79 Å². The van der Waals surface area contributed by atoms with Gasteiger partial charge in [-0.1, -0.05) is 0 Å². The molecule has 7 heteroatoms. The Hall–Kier alpha value is -1.76. The number of phenolic OH excluding ortho intramolecular Hbond substituents is 1. The van der Waals surface area contributed by atoms with Crippen LogP contribution in [0.5, 0.6) is 5.75 Å². The zero-order valence-electron chi connectivity index (χ0n) is 9.85. The van der Waals surface area contributed by atoms with Crippen LogP contribution in [0, 0.1) is 5.82 Å². The van der Waals surface area contributed by atoms with Gasteiger partial charge in [-0.2, -0.15) is 11.8 Å². The van der Waals surface area contributed by atoms with Crippen LogP contribution in [-0.2, 0) is 4.79 Å². The normalized spacial score (nSPS) is 22.2. The molecule has 1 unspecified atom stereocenters. The highest BCUT2D eigenvalue weighted by Gasteiger charge is 2.43. The van der Waals surface area contributed by atoms with E-state index in [0.29, 0.717) is 12.2 Å². The lowest BCUT2D eigenvalue weighted by Crippen LogP contribution is -2.54. The first-order chi connectivity index (χ1) is 8.94. The Morgan fingerprint density at radius 2 is 2.16 bits per heavy atom. The fraction of sp³-hybridized carbons (Fsp3) is 0.333. The second kappa shape index (κ2) is 5.08. The maximum atomic E-state index is 13.5. The molecule has 5 nitrogen and oxygen atoms in total. The molecule has 0 spiro atoms. The monoisotopic (exact) mass is 285 g/mol. The van der Waals surface area contributed by atoms with Crippen LogP contribution in [-0.4, -0.2) is 39.1 Å². The van der Waals surface area contributed by atoms with Gasteiger partial charge in [0.05, 0.1) is 5.56 Å². The second-order valence-electron chi connectivity index (χ2n) is 4.31. The smallest absolute Gasteiger partial charge is 0.330 e. The van der Waals surface area contributed by atoms with Gasteiger partial charge in [0.1, 0.15) is 17.1 Å². The summed E-state index contributed by atoms with van der Waals surface area (Å²) in [6.07, 6.45) is 0.304. The van der Waals surface area contributed by atoms with Crippen LogP contribution < -0.4 is 5.32 Å². The number of carboxylic acids is 1. The SMILES string of the molecule is O=C(NC1(C(=O)O)CCSC1)c1ccc(O)cc1F. The minimum Gasteiger partial charge on any atom is -0.508 e. The van der Waals surface area contributed by atoms with Crippen molar-refractivity contribution in [1.82, 2.24) is 5.32 Å². The number of carboxylic acid groups (broad SMARTS) is 1. The number of amides is 1. The Labute approximate surface area is 112 Å². The van der Waals surface area contributed by atoms with Gasteiger partial charge in [0, 0.05) is 11.8 Å². The lowest BCUT2D eigenvalue weighted by molar-refractivity contribution is -0.143. The summed E-state index contributed by atoms with van der Waals surface area (Å²) in [5, 5.41) is 20.7. The molecule has 102 valence electrons. The lowest BCUT2D eigenvalue weighted by Gasteiger charge is -2.24.